The second kappa shape index (κ2) is 6.95. The molecule has 104 valence electrons. The van der Waals surface area contributed by atoms with Gasteiger partial charge in [0.25, 0.3) is 0 Å². The van der Waals surface area contributed by atoms with Crippen LogP contribution in [0.4, 0.5) is 0 Å². The predicted octanol–water partition coefficient (Wildman–Crippen LogP) is 0.241. The van der Waals surface area contributed by atoms with Crippen LogP contribution in [0.1, 0.15) is 26.2 Å². The molecule has 5 nitrogen and oxygen atoms in total. The van der Waals surface area contributed by atoms with E-state index in [1.54, 1.807) is 4.90 Å². The lowest BCUT2D eigenvalue weighted by atomic mass is 10.1. The van der Waals surface area contributed by atoms with E-state index in [2.05, 4.69) is 5.32 Å². The highest BCUT2D eigenvalue weighted by Gasteiger charge is 2.27. The van der Waals surface area contributed by atoms with E-state index >= 15 is 0 Å². The molecule has 0 aliphatic carbocycles. The number of carbonyl (C=O) groups is 2. The van der Waals surface area contributed by atoms with Gasteiger partial charge in [0.1, 0.15) is 0 Å². The van der Waals surface area contributed by atoms with Crippen molar-refractivity contribution in [2.45, 2.75) is 32.2 Å². The first-order valence-corrected chi connectivity index (χ1v) is 6.46. The third-order valence-electron chi connectivity index (χ3n) is 3.57. The Bertz CT molecular complexity index is 312. The Morgan fingerprint density at radius 2 is 2.17 bits per heavy atom. The molecule has 2 rings (SSSR count). The number of piperazine rings is 1. The van der Waals surface area contributed by atoms with Gasteiger partial charge in [-0.3, -0.25) is 9.59 Å². The molecule has 1 atom stereocenters. The van der Waals surface area contributed by atoms with Crippen LogP contribution < -0.4 is 5.32 Å². The number of likely N-dealkylation sites (tertiary alicyclic amines) is 1. The molecule has 0 spiro atoms. The smallest absolute Gasteiger partial charge is 0.242 e. The van der Waals surface area contributed by atoms with E-state index in [4.69, 9.17) is 0 Å². The second-order valence-corrected chi connectivity index (χ2v) is 4.91. The first kappa shape index (κ1) is 15.2. The van der Waals surface area contributed by atoms with E-state index < -0.39 is 0 Å². The van der Waals surface area contributed by atoms with Gasteiger partial charge in [-0.1, -0.05) is 0 Å². The summed E-state index contributed by atoms with van der Waals surface area (Å²) in [5, 5.41) is 3.26. The number of nitrogens with zero attached hydrogens (tertiary/aromatic N) is 2. The zero-order chi connectivity index (χ0) is 12.3. The Morgan fingerprint density at radius 1 is 1.39 bits per heavy atom. The maximum absolute atomic E-state index is 12.1. The molecular weight excluding hydrogens is 254 g/mol. The first-order valence-electron chi connectivity index (χ1n) is 6.46. The van der Waals surface area contributed by atoms with Crippen molar-refractivity contribution >= 4 is 24.2 Å². The number of hydrogen-bond acceptors (Lipinski definition) is 3. The van der Waals surface area contributed by atoms with Crippen LogP contribution in [0.15, 0.2) is 0 Å². The van der Waals surface area contributed by atoms with Gasteiger partial charge >= 0.3 is 0 Å². The molecule has 0 unspecified atom stereocenters. The number of halogens is 1. The lowest BCUT2D eigenvalue weighted by Gasteiger charge is -2.36. The summed E-state index contributed by atoms with van der Waals surface area (Å²) < 4.78 is 0. The molecule has 0 saturated carbocycles. The number of carbonyl (C=O) groups excluding carboxylic acids is 2. The van der Waals surface area contributed by atoms with Crippen molar-refractivity contribution in [3.63, 3.8) is 0 Å². The third kappa shape index (κ3) is 3.59. The van der Waals surface area contributed by atoms with Gasteiger partial charge in [-0.05, 0) is 19.8 Å². The van der Waals surface area contributed by atoms with Gasteiger partial charge in [0, 0.05) is 38.6 Å². The van der Waals surface area contributed by atoms with Gasteiger partial charge in [0.15, 0.2) is 0 Å². The van der Waals surface area contributed by atoms with Crippen molar-refractivity contribution in [3.05, 3.63) is 0 Å². The number of nitrogens with one attached hydrogen (secondary N) is 1. The van der Waals surface area contributed by atoms with E-state index in [0.29, 0.717) is 6.42 Å². The Hall–Kier alpha value is -0.810. The van der Waals surface area contributed by atoms with Crippen molar-refractivity contribution in [2.24, 2.45) is 0 Å². The van der Waals surface area contributed by atoms with E-state index in [9.17, 15) is 9.59 Å². The van der Waals surface area contributed by atoms with E-state index in [1.165, 1.54) is 0 Å². The van der Waals surface area contributed by atoms with Gasteiger partial charge in [-0.25, -0.2) is 0 Å². The van der Waals surface area contributed by atoms with E-state index in [1.807, 2.05) is 11.8 Å². The SMILES string of the molecule is C[C@H]1CNCCN1C(=O)CN1CCCCC1=O.Cl. The molecule has 0 radical (unpaired) electrons. The predicted molar refractivity (Wildman–Crippen MR) is 71.7 cm³/mol. The summed E-state index contributed by atoms with van der Waals surface area (Å²) >= 11 is 0. The van der Waals surface area contributed by atoms with Gasteiger partial charge in [-0.2, -0.15) is 0 Å². The largest absolute Gasteiger partial charge is 0.336 e. The van der Waals surface area contributed by atoms with Crippen LogP contribution in [-0.4, -0.2) is 60.4 Å². The van der Waals surface area contributed by atoms with Gasteiger partial charge in [-0.15, -0.1) is 12.4 Å². The van der Waals surface area contributed by atoms with Crippen LogP contribution in [0.25, 0.3) is 0 Å². The minimum absolute atomic E-state index is 0. The lowest BCUT2D eigenvalue weighted by molar-refractivity contribution is -0.143. The summed E-state index contributed by atoms with van der Waals surface area (Å²) in [5.74, 6) is 0.224. The third-order valence-corrected chi connectivity index (χ3v) is 3.57. The van der Waals surface area contributed by atoms with Crippen molar-refractivity contribution in [1.82, 2.24) is 15.1 Å². The van der Waals surface area contributed by atoms with Crippen LogP contribution in [0.2, 0.25) is 0 Å². The molecule has 2 fully saturated rings. The summed E-state index contributed by atoms with van der Waals surface area (Å²) in [5.41, 5.74) is 0. The average Bonchev–Trinajstić information content (AvgIpc) is 2.32. The van der Waals surface area contributed by atoms with Gasteiger partial charge < -0.3 is 15.1 Å². The normalized spacial score (nSPS) is 24.7. The summed E-state index contributed by atoms with van der Waals surface area (Å²) in [6.45, 7) is 5.50. The molecule has 2 aliphatic heterocycles. The summed E-state index contributed by atoms with van der Waals surface area (Å²) in [6.07, 6.45) is 2.59. The van der Waals surface area contributed by atoms with Crippen molar-refractivity contribution in [3.8, 4) is 0 Å². The summed E-state index contributed by atoms with van der Waals surface area (Å²) in [6, 6.07) is 0.233. The Balaban J connectivity index is 0.00000162. The van der Waals surface area contributed by atoms with Crippen molar-refractivity contribution in [2.75, 3.05) is 32.7 Å². The molecule has 2 saturated heterocycles. The fourth-order valence-corrected chi connectivity index (χ4v) is 2.49. The molecule has 2 aliphatic rings. The molecule has 2 heterocycles. The second-order valence-electron chi connectivity index (χ2n) is 4.91. The molecular formula is C12H22ClN3O2. The summed E-state index contributed by atoms with van der Waals surface area (Å²) in [7, 11) is 0. The molecule has 0 aromatic heterocycles. The molecule has 6 heteroatoms. The van der Waals surface area contributed by atoms with Crippen LogP contribution in [-0.2, 0) is 9.59 Å². The van der Waals surface area contributed by atoms with Crippen LogP contribution >= 0.6 is 12.4 Å². The minimum Gasteiger partial charge on any atom is -0.336 e. The Kier molecular flexibility index (Phi) is 5.88. The molecule has 0 aromatic rings. The highest BCUT2D eigenvalue weighted by molar-refractivity contribution is 5.85. The zero-order valence-electron chi connectivity index (χ0n) is 10.9. The van der Waals surface area contributed by atoms with Crippen molar-refractivity contribution < 1.29 is 9.59 Å². The van der Waals surface area contributed by atoms with E-state index in [0.717, 1.165) is 39.0 Å². The monoisotopic (exact) mass is 275 g/mol. The zero-order valence-corrected chi connectivity index (χ0v) is 11.7. The lowest BCUT2D eigenvalue weighted by Crippen LogP contribution is -2.55. The van der Waals surface area contributed by atoms with Gasteiger partial charge in [0.2, 0.25) is 11.8 Å². The molecule has 2 amide bonds. The standard InChI is InChI=1S/C12H21N3O2.ClH/c1-10-8-13-5-7-15(10)12(17)9-14-6-3-2-4-11(14)16;/h10,13H,2-9H2,1H3;1H/t10-;/m0./s1. The number of hydrogen-bond donors (Lipinski definition) is 1. The average molecular weight is 276 g/mol. The Morgan fingerprint density at radius 3 is 2.83 bits per heavy atom. The fraction of sp³-hybridized carbons (Fsp3) is 0.833. The van der Waals surface area contributed by atoms with Crippen LogP contribution in [0.5, 0.6) is 0 Å². The minimum atomic E-state index is 0. The summed E-state index contributed by atoms with van der Waals surface area (Å²) in [4.78, 5) is 27.4. The fourth-order valence-electron chi connectivity index (χ4n) is 2.49. The number of piperidine rings is 1. The number of rotatable bonds is 2. The molecule has 18 heavy (non-hydrogen) atoms. The van der Waals surface area contributed by atoms with Crippen LogP contribution in [0.3, 0.4) is 0 Å². The van der Waals surface area contributed by atoms with E-state index in [-0.39, 0.29) is 36.8 Å². The van der Waals surface area contributed by atoms with Crippen molar-refractivity contribution in [1.29, 1.82) is 0 Å². The molecule has 1 N–H and O–H groups in total. The maximum Gasteiger partial charge on any atom is 0.242 e. The highest BCUT2D eigenvalue weighted by atomic mass is 35.5. The Labute approximate surface area is 114 Å². The molecule has 0 bridgehead atoms. The molecule has 0 aromatic carbocycles. The number of amides is 2. The first-order chi connectivity index (χ1) is 8.18. The van der Waals surface area contributed by atoms with Gasteiger partial charge in [0.05, 0.1) is 6.54 Å². The topological polar surface area (TPSA) is 52.7 Å². The van der Waals surface area contributed by atoms with Crippen LogP contribution in [0, 0.1) is 0 Å². The quantitative estimate of drug-likeness (QED) is 0.786. The maximum atomic E-state index is 12.1. The highest BCUT2D eigenvalue weighted by Crippen LogP contribution is 2.11.